The highest BCUT2D eigenvalue weighted by molar-refractivity contribution is 5.92. The molecule has 1 aromatic rings. The minimum atomic E-state index is 0.418. The lowest BCUT2D eigenvalue weighted by molar-refractivity contribution is 0.192. The first-order valence-corrected chi connectivity index (χ1v) is 7.75. The van der Waals surface area contributed by atoms with E-state index in [0.29, 0.717) is 25.7 Å². The van der Waals surface area contributed by atoms with Gasteiger partial charge in [-0.1, -0.05) is 0 Å². The van der Waals surface area contributed by atoms with Gasteiger partial charge in [-0.05, 0) is 31.4 Å². The fourth-order valence-electron chi connectivity index (χ4n) is 2.16. The number of unbranched alkanes of at least 4 members (excludes halogenated alkanes) is 2. The van der Waals surface area contributed by atoms with Crippen molar-refractivity contribution in [3.05, 3.63) is 18.2 Å². The summed E-state index contributed by atoms with van der Waals surface area (Å²) in [5, 5.41) is 3.08. The Morgan fingerprint density at radius 2 is 2.05 bits per heavy atom. The molecule has 0 unspecified atom stereocenters. The van der Waals surface area contributed by atoms with E-state index in [1.807, 2.05) is 18.2 Å². The predicted octanol–water partition coefficient (Wildman–Crippen LogP) is 2.39. The van der Waals surface area contributed by atoms with E-state index >= 15 is 0 Å². The van der Waals surface area contributed by atoms with Gasteiger partial charge in [-0.15, -0.1) is 0 Å². The Morgan fingerprint density at radius 1 is 1.23 bits per heavy atom. The molecule has 0 amide bonds. The monoisotopic (exact) mass is 307 g/mol. The maximum absolute atomic E-state index is 5.90. The van der Waals surface area contributed by atoms with Crippen LogP contribution in [0.3, 0.4) is 0 Å². The van der Waals surface area contributed by atoms with Crippen molar-refractivity contribution in [1.29, 1.82) is 0 Å². The Morgan fingerprint density at radius 3 is 2.86 bits per heavy atom. The Labute approximate surface area is 131 Å². The van der Waals surface area contributed by atoms with Crippen molar-refractivity contribution in [3.63, 3.8) is 0 Å². The third kappa shape index (κ3) is 5.44. The van der Waals surface area contributed by atoms with Crippen molar-refractivity contribution < 1.29 is 14.2 Å². The molecule has 0 aromatic heterocycles. The molecule has 1 aliphatic rings. The number of ether oxygens (including phenoxy) is 3. The summed E-state index contributed by atoms with van der Waals surface area (Å²) in [7, 11) is 1.72. The maximum atomic E-state index is 5.90. The van der Waals surface area contributed by atoms with Crippen molar-refractivity contribution in [3.8, 4) is 11.5 Å². The van der Waals surface area contributed by atoms with Gasteiger partial charge < -0.3 is 25.3 Å². The number of benzene rings is 1. The van der Waals surface area contributed by atoms with Crippen molar-refractivity contribution >= 4 is 11.6 Å². The quantitative estimate of drug-likeness (QED) is 0.459. The van der Waals surface area contributed by atoms with Crippen LogP contribution in [-0.4, -0.2) is 39.4 Å². The molecule has 0 fully saturated rings. The smallest absolute Gasteiger partial charge is 0.193 e. The highest BCUT2D eigenvalue weighted by atomic mass is 16.5. The van der Waals surface area contributed by atoms with Crippen LogP contribution in [-0.2, 0) is 4.74 Å². The molecule has 2 rings (SSSR count). The zero-order valence-corrected chi connectivity index (χ0v) is 13.1. The van der Waals surface area contributed by atoms with Gasteiger partial charge in [0.05, 0.1) is 13.2 Å². The molecule has 6 heteroatoms. The molecule has 1 aliphatic heterocycles. The topological polar surface area (TPSA) is 78.1 Å². The summed E-state index contributed by atoms with van der Waals surface area (Å²) in [5.74, 6) is 1.94. The first-order valence-electron chi connectivity index (χ1n) is 7.75. The first kappa shape index (κ1) is 16.4. The molecule has 0 saturated heterocycles. The van der Waals surface area contributed by atoms with Gasteiger partial charge in [0, 0.05) is 38.4 Å². The molecule has 0 aliphatic carbocycles. The number of methoxy groups -OCH3 is 1. The molecule has 0 radical (unpaired) electrons. The lowest BCUT2D eigenvalue weighted by Crippen LogP contribution is -2.22. The summed E-state index contributed by atoms with van der Waals surface area (Å²) in [6.07, 6.45) is 4.05. The van der Waals surface area contributed by atoms with Crippen LogP contribution < -0.4 is 20.5 Å². The van der Waals surface area contributed by atoms with Gasteiger partial charge in [0.15, 0.2) is 17.5 Å². The fourth-order valence-corrected chi connectivity index (χ4v) is 2.16. The van der Waals surface area contributed by atoms with E-state index < -0.39 is 0 Å². The molecule has 3 N–H and O–H groups in total. The van der Waals surface area contributed by atoms with Crippen molar-refractivity contribution in [2.75, 3.05) is 38.8 Å². The number of anilines is 1. The zero-order chi connectivity index (χ0) is 15.6. The SMILES string of the molecule is COCCCCCN=C(N)Nc1ccc2c(c1)OCCCO2. The van der Waals surface area contributed by atoms with Gasteiger partial charge >= 0.3 is 0 Å². The molecular weight excluding hydrogens is 282 g/mol. The van der Waals surface area contributed by atoms with Gasteiger partial charge in [0.25, 0.3) is 0 Å². The average molecular weight is 307 g/mol. The molecular formula is C16H25N3O3. The van der Waals surface area contributed by atoms with E-state index in [0.717, 1.165) is 49.5 Å². The number of nitrogens with two attached hydrogens (primary N) is 1. The van der Waals surface area contributed by atoms with E-state index in [1.165, 1.54) is 0 Å². The second kappa shape index (κ2) is 9.15. The van der Waals surface area contributed by atoms with Crippen LogP contribution in [0.4, 0.5) is 5.69 Å². The van der Waals surface area contributed by atoms with E-state index in [4.69, 9.17) is 19.9 Å². The number of fused-ring (bicyclic) bond motifs is 1. The minimum Gasteiger partial charge on any atom is -0.490 e. The van der Waals surface area contributed by atoms with E-state index in [1.54, 1.807) is 7.11 Å². The number of nitrogens with zero attached hydrogens (tertiary/aromatic N) is 1. The number of hydrogen-bond donors (Lipinski definition) is 2. The molecule has 6 nitrogen and oxygen atoms in total. The maximum Gasteiger partial charge on any atom is 0.193 e. The number of rotatable bonds is 7. The Bertz CT molecular complexity index is 492. The minimum absolute atomic E-state index is 0.418. The third-order valence-electron chi connectivity index (χ3n) is 3.31. The molecule has 0 bridgehead atoms. The summed E-state index contributed by atoms with van der Waals surface area (Å²) < 4.78 is 16.3. The predicted molar refractivity (Wildman–Crippen MR) is 87.9 cm³/mol. The van der Waals surface area contributed by atoms with Crippen molar-refractivity contribution in [1.82, 2.24) is 0 Å². The highest BCUT2D eigenvalue weighted by Crippen LogP contribution is 2.32. The Balaban J connectivity index is 1.81. The normalized spacial score (nSPS) is 14.5. The van der Waals surface area contributed by atoms with E-state index in [9.17, 15) is 0 Å². The third-order valence-corrected chi connectivity index (χ3v) is 3.31. The molecule has 0 spiro atoms. The Hall–Kier alpha value is -1.95. The van der Waals surface area contributed by atoms with Crippen LogP contribution in [0, 0.1) is 0 Å². The first-order chi connectivity index (χ1) is 10.8. The fraction of sp³-hybridized carbons (Fsp3) is 0.562. The number of hydrogen-bond acceptors (Lipinski definition) is 4. The summed E-state index contributed by atoms with van der Waals surface area (Å²) in [6, 6.07) is 5.69. The molecule has 1 heterocycles. The summed E-state index contributed by atoms with van der Waals surface area (Å²) in [5.41, 5.74) is 6.75. The molecule has 0 atom stereocenters. The van der Waals surface area contributed by atoms with Crippen molar-refractivity contribution in [2.24, 2.45) is 10.7 Å². The van der Waals surface area contributed by atoms with Gasteiger partial charge in [0.1, 0.15) is 0 Å². The van der Waals surface area contributed by atoms with Crippen LogP contribution >= 0.6 is 0 Å². The standard InChI is InChI=1S/C16H25N3O3/c1-20-9-4-2-3-8-18-16(17)19-13-6-7-14-15(12-13)22-11-5-10-21-14/h6-7,12H,2-5,8-11H2,1H3,(H3,17,18,19). The zero-order valence-electron chi connectivity index (χ0n) is 13.1. The lowest BCUT2D eigenvalue weighted by Gasteiger charge is -2.10. The van der Waals surface area contributed by atoms with E-state index in [2.05, 4.69) is 10.3 Å². The van der Waals surface area contributed by atoms with Crippen LogP contribution in [0.15, 0.2) is 23.2 Å². The number of nitrogens with one attached hydrogen (secondary N) is 1. The molecule has 1 aromatic carbocycles. The van der Waals surface area contributed by atoms with Crippen LogP contribution in [0.2, 0.25) is 0 Å². The second-order valence-corrected chi connectivity index (χ2v) is 5.16. The van der Waals surface area contributed by atoms with Gasteiger partial charge in [0.2, 0.25) is 0 Å². The summed E-state index contributed by atoms with van der Waals surface area (Å²) in [6.45, 7) is 2.87. The van der Waals surface area contributed by atoms with Crippen LogP contribution in [0.1, 0.15) is 25.7 Å². The molecule has 122 valence electrons. The average Bonchev–Trinajstić information content (AvgIpc) is 2.75. The largest absolute Gasteiger partial charge is 0.490 e. The summed E-state index contributed by atoms with van der Waals surface area (Å²) >= 11 is 0. The lowest BCUT2D eigenvalue weighted by atomic mass is 10.2. The Kier molecular flexibility index (Phi) is 6.83. The molecule has 0 saturated carbocycles. The van der Waals surface area contributed by atoms with Crippen molar-refractivity contribution in [2.45, 2.75) is 25.7 Å². The van der Waals surface area contributed by atoms with Crippen LogP contribution in [0.25, 0.3) is 0 Å². The number of guanidine groups is 1. The molecule has 22 heavy (non-hydrogen) atoms. The van der Waals surface area contributed by atoms with Crippen LogP contribution in [0.5, 0.6) is 11.5 Å². The highest BCUT2D eigenvalue weighted by Gasteiger charge is 2.10. The summed E-state index contributed by atoms with van der Waals surface area (Å²) in [4.78, 5) is 4.32. The van der Waals surface area contributed by atoms with Gasteiger partial charge in [-0.25, -0.2) is 0 Å². The second-order valence-electron chi connectivity index (χ2n) is 5.16. The van der Waals surface area contributed by atoms with Gasteiger partial charge in [-0.2, -0.15) is 0 Å². The van der Waals surface area contributed by atoms with E-state index in [-0.39, 0.29) is 0 Å². The van der Waals surface area contributed by atoms with Gasteiger partial charge in [-0.3, -0.25) is 4.99 Å². The number of aliphatic imine (C=N–C) groups is 1.